The van der Waals surface area contributed by atoms with Gasteiger partial charge in [0.1, 0.15) is 6.54 Å². The molecular formula is C16H23N3O. The van der Waals surface area contributed by atoms with E-state index < -0.39 is 0 Å². The van der Waals surface area contributed by atoms with Gasteiger partial charge in [0.05, 0.1) is 0 Å². The topological polar surface area (TPSA) is 46.1 Å². The number of amides is 1. The van der Waals surface area contributed by atoms with Crippen LogP contribution in [0.25, 0.3) is 10.9 Å². The maximum Gasteiger partial charge on any atom is 0.240 e. The van der Waals surface area contributed by atoms with Crippen LogP contribution in [0.2, 0.25) is 0 Å². The Kier molecular flexibility index (Phi) is 4.79. The summed E-state index contributed by atoms with van der Waals surface area (Å²) in [4.78, 5) is 12.0. The predicted octanol–water partition coefficient (Wildman–Crippen LogP) is 2.28. The standard InChI is InChI=1S/C16H23N3O/c1-4-12(2)18-16(20)11-19-8-7-14-9-13(10-17-3)5-6-15(14)19/h5-9,12,17H,4,10-11H2,1-3H3,(H,18,20). The zero-order valence-corrected chi connectivity index (χ0v) is 12.4. The number of rotatable bonds is 6. The molecule has 108 valence electrons. The van der Waals surface area contributed by atoms with Crippen LogP contribution in [0.4, 0.5) is 0 Å². The Bertz CT molecular complexity index is 588. The summed E-state index contributed by atoms with van der Waals surface area (Å²) in [6, 6.07) is 8.63. The molecule has 0 saturated carbocycles. The first-order valence-electron chi connectivity index (χ1n) is 7.15. The van der Waals surface area contributed by atoms with Crippen LogP contribution in [-0.4, -0.2) is 23.6 Å². The van der Waals surface area contributed by atoms with Gasteiger partial charge in [-0.05, 0) is 49.5 Å². The van der Waals surface area contributed by atoms with E-state index in [-0.39, 0.29) is 11.9 Å². The number of fused-ring (bicyclic) bond motifs is 1. The van der Waals surface area contributed by atoms with Crippen LogP contribution in [0.3, 0.4) is 0 Å². The average Bonchev–Trinajstić information content (AvgIpc) is 2.81. The largest absolute Gasteiger partial charge is 0.352 e. The van der Waals surface area contributed by atoms with Crippen LogP contribution in [0.1, 0.15) is 25.8 Å². The second-order valence-corrected chi connectivity index (χ2v) is 5.24. The monoisotopic (exact) mass is 273 g/mol. The number of hydrogen-bond acceptors (Lipinski definition) is 2. The summed E-state index contributed by atoms with van der Waals surface area (Å²) < 4.78 is 2.00. The second kappa shape index (κ2) is 6.57. The smallest absolute Gasteiger partial charge is 0.240 e. The lowest BCUT2D eigenvalue weighted by Crippen LogP contribution is -2.34. The molecule has 1 aromatic heterocycles. The van der Waals surface area contributed by atoms with Crippen LogP contribution >= 0.6 is 0 Å². The normalized spacial score (nSPS) is 12.6. The maximum atomic E-state index is 12.0. The summed E-state index contributed by atoms with van der Waals surface area (Å²) in [7, 11) is 1.94. The average molecular weight is 273 g/mol. The van der Waals surface area contributed by atoms with E-state index in [1.54, 1.807) is 0 Å². The van der Waals surface area contributed by atoms with E-state index in [0.29, 0.717) is 6.54 Å². The van der Waals surface area contributed by atoms with Crippen molar-refractivity contribution in [1.82, 2.24) is 15.2 Å². The first-order chi connectivity index (χ1) is 9.63. The molecule has 0 fully saturated rings. The van der Waals surface area contributed by atoms with Crippen molar-refractivity contribution < 1.29 is 4.79 Å². The van der Waals surface area contributed by atoms with E-state index in [1.807, 2.05) is 24.7 Å². The van der Waals surface area contributed by atoms with E-state index in [4.69, 9.17) is 0 Å². The Morgan fingerprint density at radius 2 is 2.15 bits per heavy atom. The minimum atomic E-state index is 0.0659. The lowest BCUT2D eigenvalue weighted by atomic mass is 10.1. The third kappa shape index (κ3) is 3.39. The predicted molar refractivity (Wildman–Crippen MR) is 82.6 cm³/mol. The zero-order chi connectivity index (χ0) is 14.5. The van der Waals surface area contributed by atoms with Crippen molar-refractivity contribution in [1.29, 1.82) is 0 Å². The molecule has 1 aromatic carbocycles. The minimum absolute atomic E-state index is 0.0659. The number of aromatic nitrogens is 1. The summed E-state index contributed by atoms with van der Waals surface area (Å²) in [5, 5.41) is 7.31. The van der Waals surface area contributed by atoms with E-state index in [9.17, 15) is 4.79 Å². The quantitative estimate of drug-likeness (QED) is 0.848. The van der Waals surface area contributed by atoms with Crippen molar-refractivity contribution in [3.05, 3.63) is 36.0 Å². The van der Waals surface area contributed by atoms with Gasteiger partial charge in [0.2, 0.25) is 5.91 Å². The number of carbonyl (C=O) groups excluding carboxylic acids is 1. The highest BCUT2D eigenvalue weighted by Gasteiger charge is 2.08. The molecule has 1 atom stereocenters. The van der Waals surface area contributed by atoms with Gasteiger partial charge in [0, 0.05) is 24.3 Å². The van der Waals surface area contributed by atoms with Crippen LogP contribution in [0.5, 0.6) is 0 Å². The van der Waals surface area contributed by atoms with Crippen molar-refractivity contribution >= 4 is 16.8 Å². The van der Waals surface area contributed by atoms with Gasteiger partial charge < -0.3 is 15.2 Å². The van der Waals surface area contributed by atoms with Crippen LogP contribution in [0, 0.1) is 0 Å². The number of nitrogens with one attached hydrogen (secondary N) is 2. The molecule has 2 N–H and O–H groups in total. The van der Waals surface area contributed by atoms with Crippen molar-refractivity contribution in [3.63, 3.8) is 0 Å². The Labute approximate surface area is 120 Å². The molecule has 2 aromatic rings. The van der Waals surface area contributed by atoms with Crippen molar-refractivity contribution in [2.75, 3.05) is 7.05 Å². The summed E-state index contributed by atoms with van der Waals surface area (Å²) in [6.07, 6.45) is 2.93. The van der Waals surface area contributed by atoms with Crippen LogP contribution < -0.4 is 10.6 Å². The van der Waals surface area contributed by atoms with Crippen molar-refractivity contribution in [3.8, 4) is 0 Å². The molecule has 2 rings (SSSR count). The van der Waals surface area contributed by atoms with Gasteiger partial charge in [-0.1, -0.05) is 13.0 Å². The van der Waals surface area contributed by atoms with Crippen molar-refractivity contribution in [2.45, 2.75) is 39.4 Å². The molecule has 0 saturated heterocycles. The number of benzene rings is 1. The summed E-state index contributed by atoms with van der Waals surface area (Å²) in [5.41, 5.74) is 2.35. The Hall–Kier alpha value is -1.81. The van der Waals surface area contributed by atoms with Gasteiger partial charge in [0.25, 0.3) is 0 Å². The Morgan fingerprint density at radius 3 is 2.85 bits per heavy atom. The van der Waals surface area contributed by atoms with Crippen LogP contribution in [-0.2, 0) is 17.9 Å². The van der Waals surface area contributed by atoms with E-state index >= 15 is 0 Å². The lowest BCUT2D eigenvalue weighted by molar-refractivity contribution is -0.122. The third-order valence-electron chi connectivity index (χ3n) is 3.55. The number of carbonyl (C=O) groups is 1. The van der Waals surface area contributed by atoms with Gasteiger partial charge in [-0.3, -0.25) is 4.79 Å². The van der Waals surface area contributed by atoms with Gasteiger partial charge in [-0.2, -0.15) is 0 Å². The molecule has 0 aliphatic heterocycles. The second-order valence-electron chi connectivity index (χ2n) is 5.24. The number of hydrogen-bond donors (Lipinski definition) is 2. The minimum Gasteiger partial charge on any atom is -0.352 e. The molecule has 0 aliphatic rings. The van der Waals surface area contributed by atoms with Crippen molar-refractivity contribution in [2.24, 2.45) is 0 Å². The van der Waals surface area contributed by atoms with Gasteiger partial charge >= 0.3 is 0 Å². The molecule has 0 spiro atoms. The van der Waals surface area contributed by atoms with Gasteiger partial charge in [0.15, 0.2) is 0 Å². The fraction of sp³-hybridized carbons (Fsp3) is 0.438. The first kappa shape index (κ1) is 14.6. The molecule has 4 nitrogen and oxygen atoms in total. The first-order valence-corrected chi connectivity index (χ1v) is 7.15. The summed E-state index contributed by atoms with van der Waals surface area (Å²) in [5.74, 6) is 0.0659. The third-order valence-corrected chi connectivity index (χ3v) is 3.55. The Balaban J connectivity index is 2.13. The van der Waals surface area contributed by atoms with E-state index in [0.717, 1.165) is 18.5 Å². The lowest BCUT2D eigenvalue weighted by Gasteiger charge is -2.12. The van der Waals surface area contributed by atoms with E-state index in [2.05, 4.69) is 41.8 Å². The highest BCUT2D eigenvalue weighted by atomic mass is 16.2. The highest BCUT2D eigenvalue weighted by molar-refractivity contribution is 5.83. The van der Waals surface area contributed by atoms with Gasteiger partial charge in [-0.25, -0.2) is 0 Å². The summed E-state index contributed by atoms with van der Waals surface area (Å²) in [6.45, 7) is 5.32. The molecule has 0 aliphatic carbocycles. The van der Waals surface area contributed by atoms with Crippen LogP contribution in [0.15, 0.2) is 30.5 Å². The molecule has 0 radical (unpaired) electrons. The fourth-order valence-electron chi connectivity index (χ4n) is 2.28. The molecule has 1 heterocycles. The van der Waals surface area contributed by atoms with Gasteiger partial charge in [-0.15, -0.1) is 0 Å². The number of nitrogens with zero attached hydrogens (tertiary/aromatic N) is 1. The molecule has 0 bridgehead atoms. The molecule has 20 heavy (non-hydrogen) atoms. The molecular weight excluding hydrogens is 250 g/mol. The molecule has 4 heteroatoms. The zero-order valence-electron chi connectivity index (χ0n) is 12.4. The summed E-state index contributed by atoms with van der Waals surface area (Å²) >= 11 is 0. The fourth-order valence-corrected chi connectivity index (χ4v) is 2.28. The molecule has 1 unspecified atom stereocenters. The highest BCUT2D eigenvalue weighted by Crippen LogP contribution is 2.17. The SMILES string of the molecule is CCC(C)NC(=O)Cn1ccc2cc(CNC)ccc21. The van der Waals surface area contributed by atoms with E-state index in [1.165, 1.54) is 10.9 Å². The Morgan fingerprint density at radius 1 is 1.35 bits per heavy atom. The molecule has 1 amide bonds. The maximum absolute atomic E-state index is 12.0.